The fourth-order valence-corrected chi connectivity index (χ4v) is 3.82. The summed E-state index contributed by atoms with van der Waals surface area (Å²) in [5.41, 5.74) is 1.17. The lowest BCUT2D eigenvalue weighted by Crippen LogP contribution is -2.38. The predicted octanol–water partition coefficient (Wildman–Crippen LogP) is 3.10. The van der Waals surface area contributed by atoms with Crippen molar-refractivity contribution in [2.24, 2.45) is 5.41 Å². The zero-order chi connectivity index (χ0) is 20.8. The summed E-state index contributed by atoms with van der Waals surface area (Å²) >= 11 is 0. The Hall–Kier alpha value is -2.32. The van der Waals surface area contributed by atoms with Crippen molar-refractivity contribution < 1.29 is 4.74 Å². The lowest BCUT2D eigenvalue weighted by Gasteiger charge is -2.29. The highest BCUT2D eigenvalue weighted by atomic mass is 16.5. The van der Waals surface area contributed by atoms with Crippen molar-refractivity contribution >= 4 is 11.8 Å². The Kier molecular flexibility index (Phi) is 6.74. The van der Waals surface area contributed by atoms with Gasteiger partial charge in [0.15, 0.2) is 5.82 Å². The minimum Gasteiger partial charge on any atom is -0.383 e. The van der Waals surface area contributed by atoms with Crippen LogP contribution < -0.4 is 16.0 Å². The number of hydrogen-bond acceptors (Lipinski definition) is 8. The first kappa shape index (κ1) is 20.9. The van der Waals surface area contributed by atoms with Crippen molar-refractivity contribution in [3.63, 3.8) is 0 Å². The fourth-order valence-electron chi connectivity index (χ4n) is 3.82. The largest absolute Gasteiger partial charge is 0.383 e. The van der Waals surface area contributed by atoms with Gasteiger partial charge in [-0.3, -0.25) is 0 Å². The Labute approximate surface area is 178 Å². The maximum absolute atomic E-state index is 5.11. The molecule has 0 bridgehead atoms. The summed E-state index contributed by atoms with van der Waals surface area (Å²) in [4.78, 5) is 18.1. The van der Waals surface area contributed by atoms with Crippen LogP contribution in [-0.2, 0) is 4.74 Å². The SMILES string of the molecule is COCCNC1CCC(Nc2nccc(-c3nccc(NCC4(C)CC4)n3)n2)CC1. The average molecular weight is 412 g/mol. The number of rotatable bonds is 10. The third-order valence-corrected chi connectivity index (χ3v) is 6.14. The smallest absolute Gasteiger partial charge is 0.223 e. The fraction of sp³-hybridized carbons (Fsp3) is 0.636. The summed E-state index contributed by atoms with van der Waals surface area (Å²) in [5.74, 6) is 2.12. The van der Waals surface area contributed by atoms with Crippen LogP contribution in [0.15, 0.2) is 24.5 Å². The standard InChI is InChI=1S/C22H33N7O/c1-22(9-10-22)15-26-19-8-12-24-20(29-19)18-7-11-25-21(28-18)27-17-5-3-16(4-6-17)23-13-14-30-2/h7-8,11-12,16-17,23H,3-6,9-10,13-15H2,1-2H3,(H,24,26,29)(H,25,27,28). The highest BCUT2D eigenvalue weighted by Gasteiger charge is 2.36. The number of aromatic nitrogens is 4. The molecular weight excluding hydrogens is 378 g/mol. The van der Waals surface area contributed by atoms with Gasteiger partial charge >= 0.3 is 0 Å². The van der Waals surface area contributed by atoms with E-state index in [1.54, 1.807) is 19.5 Å². The van der Waals surface area contributed by atoms with Gasteiger partial charge in [0.2, 0.25) is 5.95 Å². The molecule has 2 saturated carbocycles. The number of nitrogens with one attached hydrogen (secondary N) is 3. The topological polar surface area (TPSA) is 96.9 Å². The van der Waals surface area contributed by atoms with Crippen LogP contribution in [0.2, 0.25) is 0 Å². The predicted molar refractivity (Wildman–Crippen MR) is 118 cm³/mol. The van der Waals surface area contributed by atoms with Crippen molar-refractivity contribution in [3.8, 4) is 11.5 Å². The molecule has 2 aromatic heterocycles. The van der Waals surface area contributed by atoms with Crippen molar-refractivity contribution in [2.75, 3.05) is 37.4 Å². The summed E-state index contributed by atoms with van der Waals surface area (Å²) < 4.78 is 5.11. The Morgan fingerprint density at radius 3 is 2.57 bits per heavy atom. The van der Waals surface area contributed by atoms with Crippen LogP contribution in [0.1, 0.15) is 45.4 Å². The first-order valence-electron chi connectivity index (χ1n) is 11.0. The van der Waals surface area contributed by atoms with Gasteiger partial charge in [0.25, 0.3) is 0 Å². The van der Waals surface area contributed by atoms with E-state index in [1.165, 1.54) is 12.8 Å². The van der Waals surface area contributed by atoms with Gasteiger partial charge in [0.05, 0.1) is 6.61 Å². The van der Waals surface area contributed by atoms with E-state index in [4.69, 9.17) is 4.74 Å². The summed E-state index contributed by atoms with van der Waals surface area (Å²) in [5, 5.41) is 10.5. The minimum atomic E-state index is 0.397. The number of nitrogens with zero attached hydrogens (tertiary/aromatic N) is 4. The molecule has 162 valence electrons. The third kappa shape index (κ3) is 5.86. The second-order valence-electron chi connectivity index (χ2n) is 8.83. The summed E-state index contributed by atoms with van der Waals surface area (Å²) in [6.45, 7) is 4.92. The third-order valence-electron chi connectivity index (χ3n) is 6.14. The molecular formula is C22H33N7O. The molecule has 0 spiro atoms. The molecule has 0 atom stereocenters. The van der Waals surface area contributed by atoms with E-state index in [1.807, 2.05) is 12.1 Å². The van der Waals surface area contributed by atoms with Gasteiger partial charge in [-0.1, -0.05) is 6.92 Å². The average Bonchev–Trinajstić information content (AvgIpc) is 3.52. The van der Waals surface area contributed by atoms with Crippen molar-refractivity contribution in [1.82, 2.24) is 25.3 Å². The van der Waals surface area contributed by atoms with Crippen LogP contribution in [-0.4, -0.2) is 58.8 Å². The molecule has 2 fully saturated rings. The quantitative estimate of drug-likeness (QED) is 0.513. The molecule has 3 N–H and O–H groups in total. The van der Waals surface area contributed by atoms with E-state index in [-0.39, 0.29) is 0 Å². The van der Waals surface area contributed by atoms with E-state index >= 15 is 0 Å². The molecule has 0 saturated heterocycles. The molecule has 0 aromatic carbocycles. The molecule has 2 aliphatic rings. The van der Waals surface area contributed by atoms with Gasteiger partial charge in [0, 0.05) is 44.7 Å². The first-order valence-corrected chi connectivity index (χ1v) is 11.0. The Balaban J connectivity index is 1.32. The summed E-state index contributed by atoms with van der Waals surface area (Å²) in [6.07, 6.45) is 10.6. The maximum Gasteiger partial charge on any atom is 0.223 e. The van der Waals surface area contributed by atoms with Crippen molar-refractivity contribution in [3.05, 3.63) is 24.5 Å². The lowest BCUT2D eigenvalue weighted by molar-refractivity contribution is 0.191. The minimum absolute atomic E-state index is 0.397. The van der Waals surface area contributed by atoms with E-state index in [0.717, 1.165) is 56.9 Å². The normalized spacial score (nSPS) is 22.5. The molecule has 30 heavy (non-hydrogen) atoms. The molecule has 4 rings (SSSR count). The summed E-state index contributed by atoms with van der Waals surface area (Å²) in [6, 6.07) is 4.75. The first-order chi connectivity index (χ1) is 14.6. The number of ether oxygens (including phenoxy) is 1. The molecule has 2 heterocycles. The van der Waals surface area contributed by atoms with Gasteiger partial charge in [-0.15, -0.1) is 0 Å². The van der Waals surface area contributed by atoms with Gasteiger partial charge < -0.3 is 20.7 Å². The monoisotopic (exact) mass is 411 g/mol. The van der Waals surface area contributed by atoms with E-state index in [9.17, 15) is 0 Å². The van der Waals surface area contributed by atoms with Crippen LogP contribution in [0.5, 0.6) is 0 Å². The lowest BCUT2D eigenvalue weighted by atomic mass is 9.91. The van der Waals surface area contributed by atoms with Gasteiger partial charge in [-0.25, -0.2) is 19.9 Å². The highest BCUT2D eigenvalue weighted by molar-refractivity contribution is 5.53. The summed E-state index contributed by atoms with van der Waals surface area (Å²) in [7, 11) is 1.74. The molecule has 2 aliphatic carbocycles. The molecule has 0 amide bonds. The molecule has 8 nitrogen and oxygen atoms in total. The molecule has 8 heteroatoms. The zero-order valence-electron chi connectivity index (χ0n) is 18.0. The van der Waals surface area contributed by atoms with Gasteiger partial charge in [0.1, 0.15) is 11.5 Å². The van der Waals surface area contributed by atoms with Crippen LogP contribution in [0.3, 0.4) is 0 Å². The van der Waals surface area contributed by atoms with Crippen LogP contribution >= 0.6 is 0 Å². The number of methoxy groups -OCH3 is 1. The van der Waals surface area contributed by atoms with Crippen LogP contribution in [0.4, 0.5) is 11.8 Å². The number of hydrogen-bond donors (Lipinski definition) is 3. The maximum atomic E-state index is 5.11. The van der Waals surface area contributed by atoms with Crippen LogP contribution in [0.25, 0.3) is 11.5 Å². The van der Waals surface area contributed by atoms with Crippen molar-refractivity contribution in [2.45, 2.75) is 57.5 Å². The van der Waals surface area contributed by atoms with Gasteiger partial charge in [-0.2, -0.15) is 0 Å². The van der Waals surface area contributed by atoms with E-state index in [2.05, 4.69) is 42.8 Å². The Morgan fingerprint density at radius 1 is 1.03 bits per heavy atom. The second kappa shape index (κ2) is 9.66. The van der Waals surface area contributed by atoms with Crippen molar-refractivity contribution in [1.29, 1.82) is 0 Å². The van der Waals surface area contributed by atoms with Crippen LogP contribution in [0, 0.1) is 5.41 Å². The highest BCUT2D eigenvalue weighted by Crippen LogP contribution is 2.44. The number of anilines is 2. The Bertz CT molecular complexity index is 819. The molecule has 0 aliphatic heterocycles. The van der Waals surface area contributed by atoms with Gasteiger partial charge in [-0.05, 0) is 56.1 Å². The van der Waals surface area contributed by atoms with E-state index < -0.39 is 0 Å². The molecule has 2 aromatic rings. The molecule has 0 radical (unpaired) electrons. The molecule has 0 unspecified atom stereocenters. The van der Waals surface area contributed by atoms with E-state index in [0.29, 0.717) is 29.3 Å². The Morgan fingerprint density at radius 2 is 1.80 bits per heavy atom. The zero-order valence-corrected chi connectivity index (χ0v) is 18.0. The second-order valence-corrected chi connectivity index (χ2v) is 8.83.